The van der Waals surface area contributed by atoms with E-state index < -0.39 is 23.6 Å². The van der Waals surface area contributed by atoms with Crippen LogP contribution in [0.1, 0.15) is 19.8 Å². The highest BCUT2D eigenvalue weighted by atomic mass is 16.4. The molecular formula is C7H10O5. The van der Waals surface area contributed by atoms with Gasteiger partial charge in [0.05, 0.1) is 0 Å². The van der Waals surface area contributed by atoms with E-state index in [9.17, 15) is 14.4 Å². The number of ketones is 2. The molecule has 0 aromatic carbocycles. The second-order valence-corrected chi connectivity index (χ2v) is 2.39. The number of Topliss-reactive ketones (excluding diaryl/α,β-unsaturated/α-hetero) is 2. The Labute approximate surface area is 69.0 Å². The Bertz CT molecular complexity index is 208. The van der Waals surface area contributed by atoms with Crippen LogP contribution in [0.2, 0.25) is 0 Å². The third-order valence-corrected chi connectivity index (χ3v) is 1.35. The van der Waals surface area contributed by atoms with Gasteiger partial charge >= 0.3 is 5.97 Å². The second-order valence-electron chi connectivity index (χ2n) is 2.39. The van der Waals surface area contributed by atoms with Gasteiger partial charge < -0.3 is 10.2 Å². The van der Waals surface area contributed by atoms with Gasteiger partial charge in [0.15, 0.2) is 5.78 Å². The fourth-order valence-electron chi connectivity index (χ4n) is 0.578. The Kier molecular flexibility index (Phi) is 4.14. The van der Waals surface area contributed by atoms with E-state index in [1.807, 2.05) is 0 Å². The molecule has 0 aliphatic carbocycles. The van der Waals surface area contributed by atoms with Crippen LogP contribution in [0.5, 0.6) is 0 Å². The molecule has 0 spiro atoms. The highest BCUT2D eigenvalue weighted by molar-refractivity contribution is 6.32. The molecule has 0 aromatic heterocycles. The van der Waals surface area contributed by atoms with Gasteiger partial charge in [0.25, 0.3) is 0 Å². The van der Waals surface area contributed by atoms with Crippen LogP contribution in [-0.4, -0.2) is 33.9 Å². The maximum Gasteiger partial charge on any atom is 0.372 e. The molecular weight excluding hydrogens is 164 g/mol. The van der Waals surface area contributed by atoms with Crippen molar-refractivity contribution in [2.24, 2.45) is 0 Å². The van der Waals surface area contributed by atoms with Crippen molar-refractivity contribution in [3.8, 4) is 0 Å². The lowest BCUT2D eigenvalue weighted by Gasteiger charge is -2.02. The molecule has 0 heterocycles. The molecule has 0 fully saturated rings. The first-order chi connectivity index (χ1) is 5.45. The monoisotopic (exact) mass is 174 g/mol. The minimum atomic E-state index is -1.54. The number of aliphatic hydroxyl groups is 1. The van der Waals surface area contributed by atoms with Crippen molar-refractivity contribution in [1.82, 2.24) is 0 Å². The van der Waals surface area contributed by atoms with Crippen LogP contribution in [0.3, 0.4) is 0 Å². The molecule has 0 bridgehead atoms. The molecule has 0 saturated carbocycles. The average Bonchev–Trinajstić information content (AvgIpc) is 1.98. The standard InChI is InChI=1S/C7H10O5/c1-4(8)5(9)2-3-6(10)7(11)12/h5,9H,2-3H2,1H3,(H,11,12)/t5-/m1/s1. The normalized spacial score (nSPS) is 12.2. The maximum absolute atomic E-state index is 10.4. The van der Waals surface area contributed by atoms with E-state index in [0.717, 1.165) is 0 Å². The lowest BCUT2D eigenvalue weighted by molar-refractivity contribution is -0.149. The number of carbonyl (C=O) groups is 3. The summed E-state index contributed by atoms with van der Waals surface area (Å²) in [4.78, 5) is 30.8. The third-order valence-electron chi connectivity index (χ3n) is 1.35. The summed E-state index contributed by atoms with van der Waals surface area (Å²) < 4.78 is 0. The summed E-state index contributed by atoms with van der Waals surface area (Å²) in [6.07, 6.45) is -1.66. The first-order valence-corrected chi connectivity index (χ1v) is 3.39. The van der Waals surface area contributed by atoms with Crippen LogP contribution in [0.25, 0.3) is 0 Å². The van der Waals surface area contributed by atoms with Gasteiger partial charge in [-0.1, -0.05) is 0 Å². The predicted molar refractivity (Wildman–Crippen MR) is 38.6 cm³/mol. The number of carboxylic acid groups (broad SMARTS) is 1. The molecule has 5 heteroatoms. The number of hydrogen-bond donors (Lipinski definition) is 2. The maximum atomic E-state index is 10.4. The van der Waals surface area contributed by atoms with Crippen molar-refractivity contribution in [2.75, 3.05) is 0 Å². The summed E-state index contributed by atoms with van der Waals surface area (Å²) in [6.45, 7) is 1.18. The number of hydrogen-bond acceptors (Lipinski definition) is 4. The summed E-state index contributed by atoms with van der Waals surface area (Å²) in [5.41, 5.74) is 0. The molecule has 0 saturated heterocycles. The van der Waals surface area contributed by atoms with Crippen LogP contribution in [-0.2, 0) is 14.4 Å². The highest BCUT2D eigenvalue weighted by Gasteiger charge is 2.16. The quantitative estimate of drug-likeness (QED) is 0.541. The lowest BCUT2D eigenvalue weighted by atomic mass is 10.1. The zero-order valence-electron chi connectivity index (χ0n) is 6.61. The van der Waals surface area contributed by atoms with Crippen molar-refractivity contribution in [1.29, 1.82) is 0 Å². The predicted octanol–water partition coefficient (Wildman–Crippen LogP) is -0.630. The molecule has 0 aliphatic heterocycles. The van der Waals surface area contributed by atoms with Gasteiger partial charge in [0.1, 0.15) is 6.10 Å². The largest absolute Gasteiger partial charge is 0.476 e. The van der Waals surface area contributed by atoms with Crippen molar-refractivity contribution in [3.05, 3.63) is 0 Å². The average molecular weight is 174 g/mol. The highest BCUT2D eigenvalue weighted by Crippen LogP contribution is 1.98. The van der Waals surface area contributed by atoms with Gasteiger partial charge in [-0.15, -0.1) is 0 Å². The minimum absolute atomic E-state index is 0.125. The minimum Gasteiger partial charge on any atom is -0.476 e. The van der Waals surface area contributed by atoms with E-state index in [-0.39, 0.29) is 12.8 Å². The van der Waals surface area contributed by atoms with E-state index in [0.29, 0.717) is 0 Å². The molecule has 12 heavy (non-hydrogen) atoms. The number of carbonyl (C=O) groups excluding carboxylic acids is 2. The van der Waals surface area contributed by atoms with Gasteiger partial charge in [0.2, 0.25) is 5.78 Å². The molecule has 0 unspecified atom stereocenters. The van der Waals surface area contributed by atoms with Crippen LogP contribution in [0.4, 0.5) is 0 Å². The van der Waals surface area contributed by atoms with Crippen molar-refractivity contribution in [3.63, 3.8) is 0 Å². The van der Waals surface area contributed by atoms with Gasteiger partial charge in [0, 0.05) is 6.42 Å². The van der Waals surface area contributed by atoms with E-state index in [2.05, 4.69) is 0 Å². The molecule has 5 nitrogen and oxygen atoms in total. The Hall–Kier alpha value is -1.23. The summed E-state index contributed by atoms with van der Waals surface area (Å²) in [5, 5.41) is 17.0. The second kappa shape index (κ2) is 4.61. The summed E-state index contributed by atoms with van der Waals surface area (Å²) in [7, 11) is 0. The fraction of sp³-hybridized carbons (Fsp3) is 0.571. The molecule has 0 amide bonds. The van der Waals surface area contributed by atoms with Crippen molar-refractivity contribution < 1.29 is 24.6 Å². The van der Waals surface area contributed by atoms with Gasteiger partial charge in [-0.2, -0.15) is 0 Å². The first-order valence-electron chi connectivity index (χ1n) is 3.39. The summed E-state index contributed by atoms with van der Waals surface area (Å²) in [5.74, 6) is -2.99. The van der Waals surface area contributed by atoms with E-state index in [4.69, 9.17) is 10.2 Å². The van der Waals surface area contributed by atoms with Crippen molar-refractivity contribution >= 4 is 17.5 Å². The lowest BCUT2D eigenvalue weighted by Crippen LogP contribution is -2.20. The molecule has 0 aromatic rings. The Morgan fingerprint density at radius 3 is 2.17 bits per heavy atom. The number of aliphatic hydroxyl groups excluding tert-OH is 1. The zero-order valence-corrected chi connectivity index (χ0v) is 6.61. The first kappa shape index (κ1) is 10.8. The van der Waals surface area contributed by atoms with Gasteiger partial charge in [-0.25, -0.2) is 4.79 Å². The van der Waals surface area contributed by atoms with Gasteiger partial charge in [-0.3, -0.25) is 9.59 Å². The molecule has 2 N–H and O–H groups in total. The SMILES string of the molecule is CC(=O)[C@H](O)CCC(=O)C(=O)O. The number of rotatable bonds is 5. The Balaban J connectivity index is 3.76. The van der Waals surface area contributed by atoms with Crippen LogP contribution in [0.15, 0.2) is 0 Å². The molecule has 0 aliphatic rings. The molecule has 68 valence electrons. The van der Waals surface area contributed by atoms with Gasteiger partial charge in [-0.05, 0) is 13.3 Å². The number of aliphatic carboxylic acids is 1. The Morgan fingerprint density at radius 1 is 1.33 bits per heavy atom. The number of carboxylic acids is 1. The summed E-state index contributed by atoms with van der Waals surface area (Å²) in [6, 6.07) is 0. The van der Waals surface area contributed by atoms with Crippen LogP contribution >= 0.6 is 0 Å². The smallest absolute Gasteiger partial charge is 0.372 e. The Morgan fingerprint density at radius 2 is 1.83 bits per heavy atom. The van der Waals surface area contributed by atoms with Crippen LogP contribution < -0.4 is 0 Å². The zero-order chi connectivity index (χ0) is 9.72. The molecule has 1 atom stereocenters. The molecule has 0 radical (unpaired) electrons. The van der Waals surface area contributed by atoms with Crippen molar-refractivity contribution in [2.45, 2.75) is 25.9 Å². The fourth-order valence-corrected chi connectivity index (χ4v) is 0.578. The summed E-state index contributed by atoms with van der Waals surface area (Å²) >= 11 is 0. The van der Waals surface area contributed by atoms with E-state index in [1.54, 1.807) is 0 Å². The van der Waals surface area contributed by atoms with Crippen LogP contribution in [0, 0.1) is 0 Å². The van der Waals surface area contributed by atoms with E-state index >= 15 is 0 Å². The third kappa shape index (κ3) is 3.82. The topological polar surface area (TPSA) is 91.7 Å². The van der Waals surface area contributed by atoms with E-state index in [1.165, 1.54) is 6.92 Å². The molecule has 0 rings (SSSR count).